The van der Waals surface area contributed by atoms with Gasteiger partial charge in [0.2, 0.25) is 0 Å². The second-order valence-electron chi connectivity index (χ2n) is 4.99. The molecule has 0 spiro atoms. The Bertz CT molecular complexity index is 786. The van der Waals surface area contributed by atoms with Crippen LogP contribution in [-0.4, -0.2) is 21.9 Å². The fraction of sp³-hybridized carbons (Fsp3) is 0.111. The SMILES string of the molecule is C=Cc1nnc(-c2ccc(OC)cc2)n1-c1ccc(C)cc1. The van der Waals surface area contributed by atoms with E-state index in [1.165, 1.54) is 5.56 Å². The molecule has 0 atom stereocenters. The number of rotatable bonds is 4. The first-order chi connectivity index (χ1) is 10.7. The van der Waals surface area contributed by atoms with Gasteiger partial charge in [0.25, 0.3) is 0 Å². The average molecular weight is 291 g/mol. The monoisotopic (exact) mass is 291 g/mol. The Morgan fingerprint density at radius 2 is 1.68 bits per heavy atom. The molecule has 0 bridgehead atoms. The Morgan fingerprint density at radius 1 is 1.00 bits per heavy atom. The molecule has 1 aromatic heterocycles. The zero-order valence-corrected chi connectivity index (χ0v) is 12.7. The predicted octanol–water partition coefficient (Wildman–Crippen LogP) is 3.89. The van der Waals surface area contributed by atoms with Crippen LogP contribution < -0.4 is 4.74 Å². The summed E-state index contributed by atoms with van der Waals surface area (Å²) < 4.78 is 7.19. The van der Waals surface area contributed by atoms with Crippen LogP contribution in [0.1, 0.15) is 11.4 Å². The molecule has 0 aliphatic rings. The fourth-order valence-corrected chi connectivity index (χ4v) is 2.30. The minimum absolute atomic E-state index is 0.717. The van der Waals surface area contributed by atoms with Crippen LogP contribution in [0.4, 0.5) is 0 Å². The van der Waals surface area contributed by atoms with Crippen molar-refractivity contribution in [2.75, 3.05) is 7.11 Å². The lowest BCUT2D eigenvalue weighted by atomic mass is 10.2. The highest BCUT2D eigenvalue weighted by Crippen LogP contribution is 2.25. The Labute approximate surface area is 129 Å². The smallest absolute Gasteiger partial charge is 0.168 e. The molecule has 0 aliphatic carbocycles. The Balaban J connectivity index is 2.13. The summed E-state index contributed by atoms with van der Waals surface area (Å²) in [6.45, 7) is 5.89. The van der Waals surface area contributed by atoms with E-state index in [-0.39, 0.29) is 0 Å². The van der Waals surface area contributed by atoms with Crippen LogP contribution in [0, 0.1) is 6.92 Å². The molecular formula is C18H17N3O. The van der Waals surface area contributed by atoms with Gasteiger partial charge in [0.1, 0.15) is 5.75 Å². The van der Waals surface area contributed by atoms with Crippen molar-refractivity contribution in [3.05, 3.63) is 66.5 Å². The van der Waals surface area contributed by atoms with E-state index < -0.39 is 0 Å². The number of hydrogen-bond acceptors (Lipinski definition) is 3. The highest BCUT2D eigenvalue weighted by atomic mass is 16.5. The molecule has 0 fully saturated rings. The molecule has 110 valence electrons. The van der Waals surface area contributed by atoms with Crippen LogP contribution in [0.2, 0.25) is 0 Å². The third-order valence-electron chi connectivity index (χ3n) is 3.51. The molecule has 2 aromatic carbocycles. The zero-order valence-electron chi connectivity index (χ0n) is 12.7. The van der Waals surface area contributed by atoms with E-state index in [9.17, 15) is 0 Å². The Kier molecular flexibility index (Phi) is 3.74. The van der Waals surface area contributed by atoms with Crippen LogP contribution in [-0.2, 0) is 0 Å². The van der Waals surface area contributed by atoms with Gasteiger partial charge in [0.15, 0.2) is 11.6 Å². The molecule has 0 radical (unpaired) electrons. The van der Waals surface area contributed by atoms with Gasteiger partial charge in [0.05, 0.1) is 7.11 Å². The van der Waals surface area contributed by atoms with Gasteiger partial charge < -0.3 is 4.74 Å². The Morgan fingerprint density at radius 3 is 2.27 bits per heavy atom. The molecule has 0 unspecified atom stereocenters. The molecule has 3 aromatic rings. The van der Waals surface area contributed by atoms with Crippen molar-refractivity contribution in [1.82, 2.24) is 14.8 Å². The summed E-state index contributed by atoms with van der Waals surface area (Å²) in [4.78, 5) is 0. The first-order valence-corrected chi connectivity index (χ1v) is 7.02. The van der Waals surface area contributed by atoms with Crippen molar-refractivity contribution in [3.8, 4) is 22.8 Å². The molecule has 22 heavy (non-hydrogen) atoms. The summed E-state index contributed by atoms with van der Waals surface area (Å²) in [6.07, 6.45) is 1.71. The van der Waals surface area contributed by atoms with E-state index in [0.29, 0.717) is 0 Å². The van der Waals surface area contributed by atoms with Crippen molar-refractivity contribution < 1.29 is 4.74 Å². The molecule has 0 amide bonds. The summed E-state index contributed by atoms with van der Waals surface area (Å²) in [6, 6.07) is 16.0. The average Bonchev–Trinajstić information content (AvgIpc) is 2.99. The van der Waals surface area contributed by atoms with Gasteiger partial charge in [-0.2, -0.15) is 0 Å². The third-order valence-corrected chi connectivity index (χ3v) is 3.51. The quantitative estimate of drug-likeness (QED) is 0.732. The van der Waals surface area contributed by atoms with Crippen LogP contribution in [0.15, 0.2) is 55.1 Å². The molecule has 4 heteroatoms. The second kappa shape index (κ2) is 5.85. The maximum Gasteiger partial charge on any atom is 0.168 e. The maximum absolute atomic E-state index is 5.20. The number of methoxy groups -OCH3 is 1. The molecule has 3 rings (SSSR count). The summed E-state index contributed by atoms with van der Waals surface area (Å²) >= 11 is 0. The zero-order chi connectivity index (χ0) is 15.5. The van der Waals surface area contributed by atoms with E-state index in [0.717, 1.165) is 28.6 Å². The van der Waals surface area contributed by atoms with Gasteiger partial charge in [-0.15, -0.1) is 10.2 Å². The highest BCUT2D eigenvalue weighted by molar-refractivity contribution is 5.62. The van der Waals surface area contributed by atoms with Gasteiger partial charge in [0, 0.05) is 11.3 Å². The number of nitrogens with zero attached hydrogens (tertiary/aromatic N) is 3. The molecule has 1 heterocycles. The largest absolute Gasteiger partial charge is 0.497 e. The van der Waals surface area contributed by atoms with Gasteiger partial charge in [-0.3, -0.25) is 4.57 Å². The van der Waals surface area contributed by atoms with Crippen molar-refractivity contribution in [1.29, 1.82) is 0 Å². The number of hydrogen-bond donors (Lipinski definition) is 0. The molecular weight excluding hydrogens is 274 g/mol. The van der Waals surface area contributed by atoms with Crippen LogP contribution in [0.5, 0.6) is 5.75 Å². The normalized spacial score (nSPS) is 10.5. The molecule has 4 nitrogen and oxygen atoms in total. The highest BCUT2D eigenvalue weighted by Gasteiger charge is 2.13. The number of ether oxygens (including phenoxy) is 1. The molecule has 0 saturated heterocycles. The van der Waals surface area contributed by atoms with Crippen molar-refractivity contribution in [3.63, 3.8) is 0 Å². The van der Waals surface area contributed by atoms with Gasteiger partial charge in [-0.25, -0.2) is 0 Å². The van der Waals surface area contributed by atoms with E-state index >= 15 is 0 Å². The first kappa shape index (κ1) is 14.1. The first-order valence-electron chi connectivity index (χ1n) is 7.02. The summed E-state index contributed by atoms with van der Waals surface area (Å²) in [5.74, 6) is 2.31. The summed E-state index contributed by atoms with van der Waals surface area (Å²) in [7, 11) is 1.65. The maximum atomic E-state index is 5.20. The summed E-state index contributed by atoms with van der Waals surface area (Å²) in [5.41, 5.74) is 3.20. The minimum Gasteiger partial charge on any atom is -0.497 e. The number of aryl methyl sites for hydroxylation is 1. The predicted molar refractivity (Wildman–Crippen MR) is 88.2 cm³/mol. The van der Waals surface area contributed by atoms with Crippen molar-refractivity contribution in [2.24, 2.45) is 0 Å². The van der Waals surface area contributed by atoms with Crippen LogP contribution in [0.3, 0.4) is 0 Å². The Hall–Kier alpha value is -2.88. The van der Waals surface area contributed by atoms with Crippen molar-refractivity contribution >= 4 is 6.08 Å². The van der Waals surface area contributed by atoms with Crippen LogP contribution in [0.25, 0.3) is 23.2 Å². The minimum atomic E-state index is 0.717. The third kappa shape index (κ3) is 2.51. The topological polar surface area (TPSA) is 39.9 Å². The van der Waals surface area contributed by atoms with E-state index in [2.05, 4.69) is 48.0 Å². The fourth-order valence-electron chi connectivity index (χ4n) is 2.30. The van der Waals surface area contributed by atoms with Gasteiger partial charge in [-0.1, -0.05) is 24.3 Å². The summed E-state index contributed by atoms with van der Waals surface area (Å²) in [5, 5.41) is 8.53. The number of benzene rings is 2. The number of aromatic nitrogens is 3. The van der Waals surface area contributed by atoms with Gasteiger partial charge in [-0.05, 0) is 49.4 Å². The van der Waals surface area contributed by atoms with E-state index in [1.807, 2.05) is 28.8 Å². The van der Waals surface area contributed by atoms with Crippen molar-refractivity contribution in [2.45, 2.75) is 6.92 Å². The lowest BCUT2D eigenvalue weighted by Gasteiger charge is -2.09. The van der Waals surface area contributed by atoms with E-state index in [1.54, 1.807) is 13.2 Å². The van der Waals surface area contributed by atoms with Gasteiger partial charge >= 0.3 is 0 Å². The lowest BCUT2D eigenvalue weighted by molar-refractivity contribution is 0.415. The van der Waals surface area contributed by atoms with Crippen LogP contribution >= 0.6 is 0 Å². The molecule has 0 saturated carbocycles. The van der Waals surface area contributed by atoms with E-state index in [4.69, 9.17) is 4.74 Å². The lowest BCUT2D eigenvalue weighted by Crippen LogP contribution is -2.00. The standard InChI is InChI=1S/C18H17N3O/c1-4-17-19-20-18(14-7-11-16(22-3)12-8-14)21(17)15-9-5-13(2)6-10-15/h4-12H,1H2,2-3H3. The molecule has 0 aliphatic heterocycles. The molecule has 0 N–H and O–H groups in total. The second-order valence-corrected chi connectivity index (χ2v) is 4.99.